The van der Waals surface area contributed by atoms with E-state index in [1.165, 1.54) is 4.90 Å². The van der Waals surface area contributed by atoms with Gasteiger partial charge < -0.3 is 30.3 Å². The smallest absolute Gasteiger partial charge is 0.410 e. The zero-order valence-corrected chi connectivity index (χ0v) is 30.6. The third-order valence-electron chi connectivity index (χ3n) is 10.3. The molecule has 12 heteroatoms. The summed E-state index contributed by atoms with van der Waals surface area (Å²) >= 11 is 0. The van der Waals surface area contributed by atoms with Crippen LogP contribution in [0.3, 0.4) is 0 Å². The van der Waals surface area contributed by atoms with Gasteiger partial charge in [0, 0.05) is 25.4 Å². The Hall–Kier alpha value is -4.87. The number of ether oxygens (including phenoxy) is 2. The molecule has 3 heterocycles. The second-order valence-corrected chi connectivity index (χ2v) is 15.5. The van der Waals surface area contributed by atoms with Gasteiger partial charge in [0.05, 0.1) is 12.6 Å². The molecule has 5 amide bonds. The second-order valence-electron chi connectivity index (χ2n) is 15.5. The number of hydrogen-bond donors (Lipinski definition) is 3. The molecule has 0 aromatic heterocycles. The van der Waals surface area contributed by atoms with E-state index in [1.807, 2.05) is 67.6 Å². The lowest BCUT2D eigenvalue weighted by molar-refractivity contribution is -0.141. The van der Waals surface area contributed by atoms with Crippen molar-refractivity contribution in [1.29, 1.82) is 0 Å². The molecule has 4 aliphatic rings. The van der Waals surface area contributed by atoms with Crippen molar-refractivity contribution >= 4 is 29.9 Å². The van der Waals surface area contributed by atoms with Crippen LogP contribution in [0.2, 0.25) is 0 Å². The van der Waals surface area contributed by atoms with E-state index in [1.54, 1.807) is 25.7 Å². The number of rotatable bonds is 5. The quantitative estimate of drug-likeness (QED) is 0.358. The maximum Gasteiger partial charge on any atom is 0.410 e. The molecule has 0 bridgehead atoms. The highest BCUT2D eigenvalue weighted by Crippen LogP contribution is 2.46. The van der Waals surface area contributed by atoms with Crippen LogP contribution in [0.1, 0.15) is 95.4 Å². The zero-order chi connectivity index (χ0) is 37.0. The minimum Gasteiger partial charge on any atom is -0.444 e. The predicted molar refractivity (Wildman–Crippen MR) is 193 cm³/mol. The lowest BCUT2D eigenvalue weighted by atomic mass is 10.0. The SMILES string of the molecule is C[C@H](NC(=O)[C@@]12C[C@H]1/C=C\CCCCC[C@H](NC(=O)OC(C)(C)C)C(=O)N1C[C@H](OC(=O)N3Cc4ccccc4C3)C[C@H]1C(=O)N2)c1ccccc1. The molecule has 2 aromatic carbocycles. The first-order valence-electron chi connectivity index (χ1n) is 18.5. The van der Waals surface area contributed by atoms with E-state index >= 15 is 0 Å². The van der Waals surface area contributed by atoms with Gasteiger partial charge in [0.15, 0.2) is 0 Å². The summed E-state index contributed by atoms with van der Waals surface area (Å²) in [5.41, 5.74) is 1.04. The summed E-state index contributed by atoms with van der Waals surface area (Å²) in [5.74, 6) is -1.49. The van der Waals surface area contributed by atoms with Crippen LogP contribution in [-0.4, -0.2) is 75.6 Å². The van der Waals surface area contributed by atoms with Crippen molar-refractivity contribution in [3.05, 3.63) is 83.4 Å². The largest absolute Gasteiger partial charge is 0.444 e. The lowest BCUT2D eigenvalue weighted by Crippen LogP contribution is -2.58. The normalized spacial score (nSPS) is 27.4. The van der Waals surface area contributed by atoms with Crippen molar-refractivity contribution in [3.8, 4) is 0 Å². The Bertz CT molecular complexity index is 1670. The van der Waals surface area contributed by atoms with E-state index in [9.17, 15) is 24.0 Å². The molecule has 278 valence electrons. The van der Waals surface area contributed by atoms with E-state index in [0.717, 1.165) is 36.0 Å². The average Bonchev–Trinajstić information content (AvgIpc) is 3.40. The molecule has 12 nitrogen and oxygen atoms in total. The summed E-state index contributed by atoms with van der Waals surface area (Å²) in [7, 11) is 0. The number of allylic oxidation sites excluding steroid dienone is 1. The van der Waals surface area contributed by atoms with Gasteiger partial charge >= 0.3 is 12.2 Å². The standard InChI is InChI=1S/C40H51N5O7/c1-26(27-15-9-8-10-16-27)41-36(48)40-22-30(40)19-11-6-5-7-12-20-32(42-37(49)52-39(2,3)4)35(47)45-25-31(21-33(45)34(46)43-40)51-38(50)44-23-28-17-13-14-18-29(28)24-44/h8-11,13-19,26,30-33H,5-7,12,20-25H2,1-4H3,(H,41,48)(H,42,49)(H,43,46)/b19-11-/t26-,30+,31+,32-,33-,40+/m0/s1. The highest BCUT2D eigenvalue weighted by Gasteiger charge is 2.61. The Kier molecular flexibility index (Phi) is 10.9. The monoisotopic (exact) mass is 713 g/mol. The highest BCUT2D eigenvalue weighted by atomic mass is 16.6. The van der Waals surface area contributed by atoms with E-state index in [0.29, 0.717) is 32.4 Å². The van der Waals surface area contributed by atoms with E-state index in [4.69, 9.17) is 9.47 Å². The predicted octanol–water partition coefficient (Wildman–Crippen LogP) is 5.27. The van der Waals surface area contributed by atoms with Crippen LogP contribution >= 0.6 is 0 Å². The molecule has 1 saturated heterocycles. The second kappa shape index (κ2) is 15.4. The molecular formula is C40H51N5O7. The van der Waals surface area contributed by atoms with Gasteiger partial charge in [-0.2, -0.15) is 0 Å². The Morgan fingerprint density at radius 2 is 1.65 bits per heavy atom. The molecule has 2 aromatic rings. The van der Waals surface area contributed by atoms with Crippen molar-refractivity contribution in [3.63, 3.8) is 0 Å². The summed E-state index contributed by atoms with van der Waals surface area (Å²) < 4.78 is 11.5. The summed E-state index contributed by atoms with van der Waals surface area (Å²) in [6, 6.07) is 15.1. The van der Waals surface area contributed by atoms with E-state index < -0.39 is 53.3 Å². The molecule has 0 unspecified atom stereocenters. The van der Waals surface area contributed by atoms with Gasteiger partial charge in [-0.1, -0.05) is 79.6 Å². The third-order valence-corrected chi connectivity index (χ3v) is 10.3. The minimum atomic E-state index is -1.20. The summed E-state index contributed by atoms with van der Waals surface area (Å²) in [5, 5.41) is 8.91. The number of carbonyl (C=O) groups is 5. The van der Waals surface area contributed by atoms with Crippen molar-refractivity contribution in [2.24, 2.45) is 5.92 Å². The first-order valence-corrected chi connectivity index (χ1v) is 18.5. The van der Waals surface area contributed by atoms with Crippen molar-refractivity contribution in [2.45, 2.75) is 121 Å². The van der Waals surface area contributed by atoms with Gasteiger partial charge in [0.1, 0.15) is 29.3 Å². The molecule has 3 N–H and O–H groups in total. The molecular weight excluding hydrogens is 662 g/mol. The molecule has 6 atom stereocenters. The van der Waals surface area contributed by atoms with Gasteiger partial charge in [-0.3, -0.25) is 19.3 Å². The molecule has 6 rings (SSSR count). The van der Waals surface area contributed by atoms with Gasteiger partial charge in [0.25, 0.3) is 0 Å². The number of carbonyl (C=O) groups excluding carboxylic acids is 5. The molecule has 52 heavy (non-hydrogen) atoms. The summed E-state index contributed by atoms with van der Waals surface area (Å²) in [6.45, 7) is 7.91. The first-order chi connectivity index (χ1) is 24.8. The fourth-order valence-corrected chi connectivity index (χ4v) is 7.45. The Morgan fingerprint density at radius 3 is 2.35 bits per heavy atom. The summed E-state index contributed by atoms with van der Waals surface area (Å²) in [6.07, 6.45) is 5.94. The number of nitrogens with one attached hydrogen (secondary N) is 3. The van der Waals surface area contributed by atoms with E-state index in [-0.39, 0.29) is 30.8 Å². The highest BCUT2D eigenvalue weighted by molar-refractivity contribution is 5.98. The number of alkyl carbamates (subject to hydrolysis) is 1. The van der Waals surface area contributed by atoms with Gasteiger partial charge in [-0.05, 0) is 70.1 Å². The maximum absolute atomic E-state index is 14.4. The van der Waals surface area contributed by atoms with Crippen LogP contribution in [0, 0.1) is 5.92 Å². The number of amides is 5. The van der Waals surface area contributed by atoms with E-state index in [2.05, 4.69) is 22.0 Å². The van der Waals surface area contributed by atoms with Crippen molar-refractivity contribution < 1.29 is 33.4 Å². The molecule has 1 saturated carbocycles. The van der Waals surface area contributed by atoms with Crippen LogP contribution in [0.15, 0.2) is 66.7 Å². The fourth-order valence-electron chi connectivity index (χ4n) is 7.45. The number of hydrogen-bond acceptors (Lipinski definition) is 7. The summed E-state index contributed by atoms with van der Waals surface area (Å²) in [4.78, 5) is 72.1. The number of fused-ring (bicyclic) bond motifs is 3. The third kappa shape index (κ3) is 8.59. The van der Waals surface area contributed by atoms with Crippen LogP contribution in [0.5, 0.6) is 0 Å². The Labute approximate surface area is 305 Å². The Balaban J connectivity index is 1.24. The van der Waals surface area contributed by atoms with Crippen molar-refractivity contribution in [2.75, 3.05) is 6.54 Å². The average molecular weight is 714 g/mol. The fraction of sp³-hybridized carbons (Fsp3) is 0.525. The molecule has 2 fully saturated rings. The van der Waals surface area contributed by atoms with Crippen LogP contribution < -0.4 is 16.0 Å². The molecule has 0 radical (unpaired) electrons. The van der Waals surface area contributed by atoms with Crippen molar-refractivity contribution in [1.82, 2.24) is 25.8 Å². The first kappa shape index (κ1) is 36.9. The molecule has 1 aliphatic carbocycles. The molecule has 0 spiro atoms. The minimum absolute atomic E-state index is 0.0382. The van der Waals surface area contributed by atoms with Gasteiger partial charge in [0.2, 0.25) is 17.7 Å². The maximum atomic E-state index is 14.4. The number of benzene rings is 2. The zero-order valence-electron chi connectivity index (χ0n) is 30.6. The van der Waals surface area contributed by atoms with Gasteiger partial charge in [-0.15, -0.1) is 0 Å². The number of nitrogens with zero attached hydrogens (tertiary/aromatic N) is 2. The van der Waals surface area contributed by atoms with Crippen LogP contribution in [0.4, 0.5) is 9.59 Å². The van der Waals surface area contributed by atoms with Crippen LogP contribution in [0.25, 0.3) is 0 Å². The lowest BCUT2D eigenvalue weighted by Gasteiger charge is -2.30. The Morgan fingerprint density at radius 1 is 0.962 bits per heavy atom. The van der Waals surface area contributed by atoms with Gasteiger partial charge in [-0.25, -0.2) is 9.59 Å². The topological polar surface area (TPSA) is 146 Å². The molecule has 3 aliphatic heterocycles. The van der Waals surface area contributed by atoms with Crippen LogP contribution in [-0.2, 0) is 36.9 Å².